The van der Waals surface area contributed by atoms with Gasteiger partial charge >= 0.3 is 0 Å². The molecule has 0 saturated heterocycles. The van der Waals surface area contributed by atoms with E-state index in [2.05, 4.69) is 232 Å². The van der Waals surface area contributed by atoms with Gasteiger partial charge in [-0.15, -0.1) is 0 Å². The molecule has 1 N–H and O–H groups in total. The van der Waals surface area contributed by atoms with E-state index in [4.69, 9.17) is 9.97 Å². The highest BCUT2D eigenvalue weighted by Crippen LogP contribution is 2.45. The van der Waals surface area contributed by atoms with Crippen LogP contribution in [-0.4, -0.2) is 19.5 Å². The first-order valence-electron chi connectivity index (χ1n) is 23.6. The van der Waals surface area contributed by atoms with Gasteiger partial charge in [-0.05, 0) is 133 Å². The fourth-order valence-corrected chi connectivity index (χ4v) is 9.53. The van der Waals surface area contributed by atoms with Gasteiger partial charge in [0.15, 0.2) is 0 Å². The molecule has 0 aliphatic rings. The van der Waals surface area contributed by atoms with Crippen LogP contribution in [0.5, 0.6) is 0 Å². The van der Waals surface area contributed by atoms with Gasteiger partial charge in [-0.3, -0.25) is 9.55 Å². The predicted molar refractivity (Wildman–Crippen MR) is 282 cm³/mol. The highest BCUT2D eigenvalue weighted by Gasteiger charge is 2.27. The normalized spacial score (nSPS) is 12.8. The van der Waals surface area contributed by atoms with Crippen LogP contribution in [0.25, 0.3) is 94.2 Å². The molecule has 0 atom stereocenters. The Labute approximate surface area is 390 Å². The van der Waals surface area contributed by atoms with Crippen molar-refractivity contribution in [2.24, 2.45) is 0 Å². The summed E-state index contributed by atoms with van der Waals surface area (Å²) in [6.45, 7) is 27.7. The van der Waals surface area contributed by atoms with Crippen molar-refractivity contribution in [3.63, 3.8) is 0 Å². The van der Waals surface area contributed by atoms with Crippen LogP contribution < -0.4 is 0 Å². The fraction of sp³-hybridized carbons (Fsp3) is 0.258. The SMILES string of the molecule is CC(C)(C)c1ccc(-n2c(-c3cccc(-c4cc(-c5ccccc5)cc5cccnc45)c3)nc3c(-c4cc(C(C)(C)C)cc5c4[nH]c4ccc(C(C)(C)C)cc45)cc(C(C)(C)C)cc32)cc1. The zero-order valence-electron chi connectivity index (χ0n) is 40.8. The lowest BCUT2D eigenvalue weighted by atomic mass is 9.81. The Balaban J connectivity index is 1.29. The Hall–Kier alpha value is -6.78. The molecular weight excluding hydrogens is 801 g/mol. The molecule has 4 nitrogen and oxygen atoms in total. The molecule has 330 valence electrons. The van der Waals surface area contributed by atoms with Crippen molar-refractivity contribution in [3.8, 4) is 50.5 Å². The second-order valence-electron chi connectivity index (χ2n) is 22.6. The molecule has 0 aliphatic carbocycles. The number of aromatic amines is 1. The molecule has 10 aromatic rings. The van der Waals surface area contributed by atoms with Crippen molar-refractivity contribution in [1.29, 1.82) is 0 Å². The lowest BCUT2D eigenvalue weighted by Crippen LogP contribution is -2.13. The summed E-state index contributed by atoms with van der Waals surface area (Å²) >= 11 is 0. The van der Waals surface area contributed by atoms with E-state index in [9.17, 15) is 0 Å². The van der Waals surface area contributed by atoms with Crippen molar-refractivity contribution in [1.82, 2.24) is 19.5 Å². The molecule has 4 heteroatoms. The number of hydrogen-bond donors (Lipinski definition) is 1. The van der Waals surface area contributed by atoms with E-state index >= 15 is 0 Å². The monoisotopic (exact) mass is 862 g/mol. The topological polar surface area (TPSA) is 46.5 Å². The van der Waals surface area contributed by atoms with Crippen molar-refractivity contribution in [3.05, 3.63) is 174 Å². The molecule has 0 unspecified atom stereocenters. The quantitative estimate of drug-likeness (QED) is 0.187. The zero-order valence-corrected chi connectivity index (χ0v) is 40.8. The lowest BCUT2D eigenvalue weighted by Gasteiger charge is -2.23. The molecule has 7 aromatic carbocycles. The minimum absolute atomic E-state index is 0.0149. The number of benzene rings is 7. The molecule has 0 amide bonds. The number of aromatic nitrogens is 4. The van der Waals surface area contributed by atoms with Crippen molar-refractivity contribution in [2.75, 3.05) is 0 Å². The number of pyridine rings is 1. The van der Waals surface area contributed by atoms with Crippen LogP contribution >= 0.6 is 0 Å². The second kappa shape index (κ2) is 15.4. The molecule has 0 radical (unpaired) electrons. The number of fused-ring (bicyclic) bond motifs is 5. The largest absolute Gasteiger partial charge is 0.354 e. The summed E-state index contributed by atoms with van der Waals surface area (Å²) in [6.07, 6.45) is 1.90. The molecule has 3 heterocycles. The Morgan fingerprint density at radius 2 is 1.05 bits per heavy atom. The maximum Gasteiger partial charge on any atom is 0.145 e. The Kier molecular flexibility index (Phi) is 10.1. The summed E-state index contributed by atoms with van der Waals surface area (Å²) in [7, 11) is 0. The summed E-state index contributed by atoms with van der Waals surface area (Å²) < 4.78 is 2.40. The smallest absolute Gasteiger partial charge is 0.145 e. The third-order valence-electron chi connectivity index (χ3n) is 13.6. The van der Waals surface area contributed by atoms with E-state index in [0.717, 1.165) is 72.3 Å². The van der Waals surface area contributed by atoms with E-state index in [1.165, 1.54) is 44.2 Å². The number of H-pyrrole nitrogens is 1. The first-order chi connectivity index (χ1) is 31.2. The fourth-order valence-electron chi connectivity index (χ4n) is 9.53. The summed E-state index contributed by atoms with van der Waals surface area (Å²) in [5, 5.41) is 3.62. The van der Waals surface area contributed by atoms with Gasteiger partial charge in [0.1, 0.15) is 5.82 Å². The minimum atomic E-state index is -0.144. The van der Waals surface area contributed by atoms with Gasteiger partial charge in [0.25, 0.3) is 0 Å². The van der Waals surface area contributed by atoms with Gasteiger partial charge < -0.3 is 4.98 Å². The van der Waals surface area contributed by atoms with E-state index < -0.39 is 0 Å². The van der Waals surface area contributed by atoms with Gasteiger partial charge in [0, 0.05) is 55.8 Å². The average Bonchev–Trinajstić information content (AvgIpc) is 3.86. The van der Waals surface area contributed by atoms with E-state index in [-0.39, 0.29) is 21.7 Å². The highest BCUT2D eigenvalue weighted by atomic mass is 15.1. The van der Waals surface area contributed by atoms with Gasteiger partial charge in [-0.1, -0.05) is 156 Å². The number of imidazole rings is 1. The molecule has 3 aromatic heterocycles. The maximum atomic E-state index is 5.82. The second-order valence-corrected chi connectivity index (χ2v) is 22.6. The van der Waals surface area contributed by atoms with Crippen LogP contribution in [0.3, 0.4) is 0 Å². The Bertz CT molecular complexity index is 3480. The average molecular weight is 863 g/mol. The van der Waals surface area contributed by atoms with Gasteiger partial charge in [0.2, 0.25) is 0 Å². The van der Waals surface area contributed by atoms with Crippen LogP contribution in [0.2, 0.25) is 0 Å². The van der Waals surface area contributed by atoms with Crippen molar-refractivity contribution < 1.29 is 0 Å². The number of nitrogens with zero attached hydrogens (tertiary/aromatic N) is 3. The third-order valence-corrected chi connectivity index (χ3v) is 13.6. The summed E-state index contributed by atoms with van der Waals surface area (Å²) in [5.41, 5.74) is 19.3. The minimum Gasteiger partial charge on any atom is -0.354 e. The standard InChI is InChI=1S/C62H62N4/c1-59(2,3)43-23-26-47(27-24-43)66-54-37-46(62(10,11)12)36-52(51-35-45(61(7,8)9)34-50-49-33-44(60(4,5)6)25-28-53(49)64-56(50)51)57(54)65-58(66)41-21-16-20-39(30-41)48-32-42(38-18-14-13-15-19-38)31-40-22-17-29-63-55(40)48/h13-37,64H,1-12H3. The Morgan fingerprint density at radius 3 is 1.74 bits per heavy atom. The number of hydrogen-bond acceptors (Lipinski definition) is 2. The highest BCUT2D eigenvalue weighted by molar-refractivity contribution is 6.14. The van der Waals surface area contributed by atoms with E-state index in [0.29, 0.717) is 0 Å². The number of rotatable bonds is 5. The lowest BCUT2D eigenvalue weighted by molar-refractivity contribution is 0.590. The molecule has 0 aliphatic heterocycles. The van der Waals surface area contributed by atoms with E-state index in [1.54, 1.807) is 0 Å². The maximum absolute atomic E-state index is 5.82. The van der Waals surface area contributed by atoms with Crippen LogP contribution in [0, 0.1) is 0 Å². The first-order valence-corrected chi connectivity index (χ1v) is 23.6. The zero-order chi connectivity index (χ0) is 46.5. The summed E-state index contributed by atoms with van der Waals surface area (Å²) in [6, 6.07) is 54.0. The molecule has 0 bridgehead atoms. The van der Waals surface area contributed by atoms with Crippen LogP contribution in [0.15, 0.2) is 152 Å². The summed E-state index contributed by atoms with van der Waals surface area (Å²) in [5.74, 6) is 0.897. The van der Waals surface area contributed by atoms with Crippen LogP contribution in [0.1, 0.15) is 105 Å². The molecule has 0 fully saturated rings. The van der Waals surface area contributed by atoms with Gasteiger partial charge in [-0.25, -0.2) is 4.98 Å². The summed E-state index contributed by atoms with van der Waals surface area (Å²) in [4.78, 5) is 14.7. The molecule has 0 spiro atoms. The molecule has 0 saturated carbocycles. The predicted octanol–water partition coefficient (Wildman–Crippen LogP) is 17.1. The van der Waals surface area contributed by atoms with Crippen LogP contribution in [-0.2, 0) is 21.7 Å². The number of nitrogens with one attached hydrogen (secondary N) is 1. The van der Waals surface area contributed by atoms with E-state index in [1.807, 2.05) is 12.3 Å². The first kappa shape index (κ1) is 43.1. The van der Waals surface area contributed by atoms with Crippen molar-refractivity contribution >= 4 is 43.7 Å². The Morgan fingerprint density at radius 1 is 0.424 bits per heavy atom. The molecule has 66 heavy (non-hydrogen) atoms. The van der Waals surface area contributed by atoms with Gasteiger partial charge in [0.05, 0.1) is 22.1 Å². The van der Waals surface area contributed by atoms with Gasteiger partial charge in [-0.2, -0.15) is 0 Å². The molecule has 10 rings (SSSR count). The third kappa shape index (κ3) is 7.70. The van der Waals surface area contributed by atoms with Crippen molar-refractivity contribution in [2.45, 2.75) is 105 Å². The molecular formula is C62H62N4. The van der Waals surface area contributed by atoms with Crippen LogP contribution in [0.4, 0.5) is 0 Å².